The summed E-state index contributed by atoms with van der Waals surface area (Å²) in [7, 11) is 0. The van der Waals surface area contributed by atoms with Crippen LogP contribution in [0.15, 0.2) is 0 Å². The molecule has 0 saturated carbocycles. The smallest absolute Gasteiger partial charge is 0.217 e. The maximum atomic E-state index is 10.9. The highest BCUT2D eigenvalue weighted by Crippen LogP contribution is 2.15. The highest BCUT2D eigenvalue weighted by molar-refractivity contribution is 7.80. The lowest BCUT2D eigenvalue weighted by molar-refractivity contribution is -0.119. The van der Waals surface area contributed by atoms with E-state index in [1.807, 2.05) is 0 Å². The molecule has 0 saturated heterocycles. The zero-order valence-corrected chi connectivity index (χ0v) is 11.1. The van der Waals surface area contributed by atoms with Crippen molar-refractivity contribution in [2.75, 3.05) is 5.75 Å². The average Bonchev–Trinajstić information content (AvgIpc) is 2.20. The van der Waals surface area contributed by atoms with Crippen LogP contribution in [0.2, 0.25) is 0 Å². The van der Waals surface area contributed by atoms with Crippen LogP contribution in [0.3, 0.4) is 0 Å². The first kappa shape index (κ1) is 14.8. The third kappa shape index (κ3) is 7.71. The van der Waals surface area contributed by atoms with Gasteiger partial charge in [-0.15, -0.1) is 0 Å². The minimum atomic E-state index is 0.0504. The van der Waals surface area contributed by atoms with Gasteiger partial charge in [-0.05, 0) is 12.3 Å². The summed E-state index contributed by atoms with van der Waals surface area (Å²) in [6, 6.07) is 0.229. The van der Waals surface area contributed by atoms with E-state index in [9.17, 15) is 4.79 Å². The molecule has 2 atom stereocenters. The van der Waals surface area contributed by atoms with E-state index in [1.165, 1.54) is 32.1 Å². The molecule has 0 fully saturated rings. The van der Waals surface area contributed by atoms with Gasteiger partial charge in [0.2, 0.25) is 5.91 Å². The second-order valence-corrected chi connectivity index (χ2v) is 4.68. The summed E-state index contributed by atoms with van der Waals surface area (Å²) in [5.74, 6) is 1.31. The van der Waals surface area contributed by atoms with E-state index < -0.39 is 0 Å². The van der Waals surface area contributed by atoms with Gasteiger partial charge in [0, 0.05) is 18.7 Å². The van der Waals surface area contributed by atoms with E-state index >= 15 is 0 Å². The molecular weight excluding hydrogens is 206 g/mol. The Morgan fingerprint density at radius 3 is 2.47 bits per heavy atom. The van der Waals surface area contributed by atoms with Crippen LogP contribution >= 0.6 is 12.6 Å². The molecule has 0 rings (SSSR count). The number of hydrogen-bond acceptors (Lipinski definition) is 2. The molecule has 0 aromatic heterocycles. The lowest BCUT2D eigenvalue weighted by atomic mass is 9.96. The molecule has 0 aliphatic heterocycles. The van der Waals surface area contributed by atoms with E-state index in [2.05, 4.69) is 31.8 Å². The zero-order chi connectivity index (χ0) is 11.7. The maximum Gasteiger partial charge on any atom is 0.217 e. The first-order valence-electron chi connectivity index (χ1n) is 5.99. The van der Waals surface area contributed by atoms with Gasteiger partial charge < -0.3 is 5.32 Å². The Bertz CT molecular complexity index is 173. The zero-order valence-electron chi connectivity index (χ0n) is 10.3. The Balaban J connectivity index is 3.72. The summed E-state index contributed by atoms with van der Waals surface area (Å²) in [6.07, 6.45) is 6.35. The summed E-state index contributed by atoms with van der Waals surface area (Å²) in [4.78, 5) is 10.9. The standard InChI is InChI=1S/C12H25NOS/c1-4-5-6-7-8-10(2)12(9-15)13-11(3)14/h10,12,15H,4-9H2,1-3H3,(H,13,14)/t10?,12-/m0/s1. The largest absolute Gasteiger partial charge is 0.353 e. The van der Waals surface area contributed by atoms with E-state index in [0.717, 1.165) is 5.75 Å². The Kier molecular flexibility index (Phi) is 8.97. The number of hydrogen-bond donors (Lipinski definition) is 2. The van der Waals surface area contributed by atoms with Gasteiger partial charge in [-0.25, -0.2) is 0 Å². The van der Waals surface area contributed by atoms with E-state index in [1.54, 1.807) is 6.92 Å². The topological polar surface area (TPSA) is 29.1 Å². The Labute approximate surface area is 99.6 Å². The minimum absolute atomic E-state index is 0.0504. The third-order valence-electron chi connectivity index (χ3n) is 2.79. The minimum Gasteiger partial charge on any atom is -0.353 e. The van der Waals surface area contributed by atoms with Crippen LogP contribution in [-0.2, 0) is 4.79 Å². The van der Waals surface area contributed by atoms with E-state index in [-0.39, 0.29) is 11.9 Å². The highest BCUT2D eigenvalue weighted by Gasteiger charge is 2.15. The van der Waals surface area contributed by atoms with Crippen LogP contribution in [0.4, 0.5) is 0 Å². The van der Waals surface area contributed by atoms with Gasteiger partial charge in [-0.2, -0.15) is 12.6 Å². The van der Waals surface area contributed by atoms with Crippen molar-refractivity contribution in [3.8, 4) is 0 Å². The number of nitrogens with one attached hydrogen (secondary N) is 1. The van der Waals surface area contributed by atoms with Gasteiger partial charge in [-0.1, -0.05) is 39.5 Å². The number of carbonyl (C=O) groups excluding carboxylic acids is 1. The molecule has 2 nitrogen and oxygen atoms in total. The van der Waals surface area contributed by atoms with Crippen molar-refractivity contribution in [2.45, 2.75) is 58.9 Å². The molecule has 90 valence electrons. The number of unbranched alkanes of at least 4 members (excludes halogenated alkanes) is 3. The molecule has 0 aromatic rings. The van der Waals surface area contributed by atoms with Gasteiger partial charge in [-0.3, -0.25) is 4.79 Å². The Morgan fingerprint density at radius 1 is 1.33 bits per heavy atom. The first-order chi connectivity index (χ1) is 7.11. The summed E-state index contributed by atoms with van der Waals surface area (Å²) >= 11 is 4.28. The fourth-order valence-electron chi connectivity index (χ4n) is 1.72. The molecular formula is C12H25NOS. The molecule has 0 aliphatic rings. The lowest BCUT2D eigenvalue weighted by Gasteiger charge is -2.22. The molecule has 0 aromatic carbocycles. The van der Waals surface area contributed by atoms with Crippen molar-refractivity contribution >= 4 is 18.5 Å². The second-order valence-electron chi connectivity index (χ2n) is 4.32. The van der Waals surface area contributed by atoms with Crippen molar-refractivity contribution in [1.82, 2.24) is 5.32 Å². The van der Waals surface area contributed by atoms with Crippen LogP contribution < -0.4 is 5.32 Å². The summed E-state index contributed by atoms with van der Waals surface area (Å²) in [6.45, 7) is 5.99. The molecule has 15 heavy (non-hydrogen) atoms. The SMILES string of the molecule is CCCCCCC(C)[C@H](CS)NC(C)=O. The monoisotopic (exact) mass is 231 g/mol. The second kappa shape index (κ2) is 9.08. The molecule has 0 spiro atoms. The van der Waals surface area contributed by atoms with Gasteiger partial charge in [0.05, 0.1) is 0 Å². The predicted molar refractivity (Wildman–Crippen MR) is 69.4 cm³/mol. The molecule has 0 aliphatic carbocycles. The van der Waals surface area contributed by atoms with E-state index in [4.69, 9.17) is 0 Å². The summed E-state index contributed by atoms with van der Waals surface area (Å²) in [5, 5.41) is 2.95. The van der Waals surface area contributed by atoms with Crippen LogP contribution in [0, 0.1) is 5.92 Å². The number of rotatable bonds is 8. The van der Waals surface area contributed by atoms with E-state index in [0.29, 0.717) is 5.92 Å². The van der Waals surface area contributed by atoms with Gasteiger partial charge in [0.25, 0.3) is 0 Å². The first-order valence-corrected chi connectivity index (χ1v) is 6.63. The predicted octanol–water partition coefficient (Wildman–Crippen LogP) is 3.03. The quantitative estimate of drug-likeness (QED) is 0.488. The van der Waals surface area contributed by atoms with Crippen molar-refractivity contribution in [3.63, 3.8) is 0 Å². The Hall–Kier alpha value is -0.180. The highest BCUT2D eigenvalue weighted by atomic mass is 32.1. The van der Waals surface area contributed by atoms with Crippen molar-refractivity contribution in [2.24, 2.45) is 5.92 Å². The lowest BCUT2D eigenvalue weighted by Crippen LogP contribution is -2.39. The molecule has 1 amide bonds. The Morgan fingerprint density at radius 2 is 2.00 bits per heavy atom. The number of amides is 1. The van der Waals surface area contributed by atoms with Gasteiger partial charge in [0.1, 0.15) is 0 Å². The molecule has 1 N–H and O–H groups in total. The fourth-order valence-corrected chi connectivity index (χ4v) is 2.17. The molecule has 0 radical (unpaired) electrons. The summed E-state index contributed by atoms with van der Waals surface area (Å²) in [5.41, 5.74) is 0. The summed E-state index contributed by atoms with van der Waals surface area (Å²) < 4.78 is 0. The molecule has 3 heteroatoms. The van der Waals surface area contributed by atoms with Crippen molar-refractivity contribution < 1.29 is 4.79 Å². The molecule has 1 unspecified atom stereocenters. The van der Waals surface area contributed by atoms with Crippen molar-refractivity contribution in [1.29, 1.82) is 0 Å². The van der Waals surface area contributed by atoms with Crippen LogP contribution in [0.5, 0.6) is 0 Å². The number of carbonyl (C=O) groups is 1. The maximum absolute atomic E-state index is 10.9. The normalized spacial score (nSPS) is 14.7. The molecule has 0 heterocycles. The molecule has 0 bridgehead atoms. The fraction of sp³-hybridized carbons (Fsp3) is 0.917. The average molecular weight is 231 g/mol. The van der Waals surface area contributed by atoms with Crippen molar-refractivity contribution in [3.05, 3.63) is 0 Å². The number of thiol groups is 1. The van der Waals surface area contributed by atoms with Gasteiger partial charge in [0.15, 0.2) is 0 Å². The third-order valence-corrected chi connectivity index (χ3v) is 3.18. The van der Waals surface area contributed by atoms with Crippen LogP contribution in [-0.4, -0.2) is 17.7 Å². The van der Waals surface area contributed by atoms with Crippen LogP contribution in [0.25, 0.3) is 0 Å². The van der Waals surface area contributed by atoms with Crippen LogP contribution in [0.1, 0.15) is 52.9 Å². The van der Waals surface area contributed by atoms with Gasteiger partial charge >= 0.3 is 0 Å².